The minimum absolute atomic E-state index is 0.195. The maximum Gasteiger partial charge on any atom is 0.231 e. The summed E-state index contributed by atoms with van der Waals surface area (Å²) >= 11 is 0. The minimum Gasteiger partial charge on any atom is -0.486 e. The Kier molecular flexibility index (Phi) is 5.47. The van der Waals surface area contributed by atoms with Gasteiger partial charge >= 0.3 is 0 Å². The van der Waals surface area contributed by atoms with E-state index in [9.17, 15) is 8.78 Å². The van der Waals surface area contributed by atoms with Crippen molar-refractivity contribution in [2.24, 2.45) is 0 Å². The average Bonchev–Trinajstić information content (AvgIpc) is 3.27. The van der Waals surface area contributed by atoms with Gasteiger partial charge in [-0.25, -0.2) is 8.78 Å². The van der Waals surface area contributed by atoms with Crippen LogP contribution in [-0.4, -0.2) is 24.8 Å². The predicted octanol–water partition coefficient (Wildman–Crippen LogP) is 5.26. The van der Waals surface area contributed by atoms with Crippen molar-refractivity contribution in [2.45, 2.75) is 25.5 Å². The van der Waals surface area contributed by atoms with Gasteiger partial charge in [-0.2, -0.15) is 0 Å². The lowest BCUT2D eigenvalue weighted by Crippen LogP contribution is -2.32. The Bertz CT molecular complexity index is 1090. The first-order valence-corrected chi connectivity index (χ1v) is 10.5. The smallest absolute Gasteiger partial charge is 0.231 e. The number of nitrogens with zero attached hydrogens (tertiary/aromatic N) is 1. The second kappa shape index (κ2) is 8.55. The predicted molar refractivity (Wildman–Crippen MR) is 112 cm³/mol. The first-order valence-electron chi connectivity index (χ1n) is 10.5. The standard InChI is InChI=1S/C25H23F2NO3/c26-21-7-6-20(14-22(21)27)31-23(18-5-8-24-25(13-18)30-16-29-24)10-12-28-11-9-17-3-1-2-4-19(17)15-28/h1-8,13-14,23H,9-12,15-16H2. The van der Waals surface area contributed by atoms with Crippen molar-refractivity contribution in [3.8, 4) is 17.2 Å². The van der Waals surface area contributed by atoms with Crippen molar-refractivity contribution < 1.29 is 23.0 Å². The number of hydrogen-bond donors (Lipinski definition) is 0. The molecule has 1 unspecified atom stereocenters. The molecular weight excluding hydrogens is 400 g/mol. The Morgan fingerprint density at radius 1 is 0.903 bits per heavy atom. The first-order chi connectivity index (χ1) is 15.2. The summed E-state index contributed by atoms with van der Waals surface area (Å²) < 4.78 is 44.1. The molecule has 3 aromatic rings. The normalized spacial score (nSPS) is 16.1. The summed E-state index contributed by atoms with van der Waals surface area (Å²) in [6.45, 7) is 2.89. The van der Waals surface area contributed by atoms with Crippen LogP contribution in [0.2, 0.25) is 0 Å². The zero-order chi connectivity index (χ0) is 21.2. The molecule has 0 saturated heterocycles. The Labute approximate surface area is 180 Å². The number of benzene rings is 3. The fourth-order valence-corrected chi connectivity index (χ4v) is 4.17. The summed E-state index contributed by atoms with van der Waals surface area (Å²) in [7, 11) is 0. The highest BCUT2D eigenvalue weighted by molar-refractivity contribution is 5.45. The summed E-state index contributed by atoms with van der Waals surface area (Å²) in [4.78, 5) is 2.40. The largest absolute Gasteiger partial charge is 0.486 e. The van der Waals surface area contributed by atoms with Crippen molar-refractivity contribution in [1.29, 1.82) is 0 Å². The quantitative estimate of drug-likeness (QED) is 0.541. The van der Waals surface area contributed by atoms with Crippen LogP contribution in [-0.2, 0) is 13.0 Å². The number of ether oxygens (including phenoxy) is 3. The van der Waals surface area contributed by atoms with Crippen molar-refractivity contribution in [1.82, 2.24) is 4.90 Å². The number of halogens is 2. The monoisotopic (exact) mass is 423 g/mol. The van der Waals surface area contributed by atoms with E-state index >= 15 is 0 Å². The van der Waals surface area contributed by atoms with E-state index in [1.165, 1.54) is 17.2 Å². The molecule has 31 heavy (non-hydrogen) atoms. The molecule has 0 N–H and O–H groups in total. The summed E-state index contributed by atoms with van der Waals surface area (Å²) in [6.07, 6.45) is 1.38. The minimum atomic E-state index is -0.922. The molecule has 4 nitrogen and oxygen atoms in total. The molecule has 0 bridgehead atoms. The van der Waals surface area contributed by atoms with Crippen LogP contribution in [0.5, 0.6) is 17.2 Å². The van der Waals surface area contributed by atoms with Crippen LogP contribution in [0.4, 0.5) is 8.78 Å². The van der Waals surface area contributed by atoms with E-state index in [-0.39, 0.29) is 12.9 Å². The van der Waals surface area contributed by atoms with Gasteiger partial charge < -0.3 is 14.2 Å². The van der Waals surface area contributed by atoms with Crippen LogP contribution in [0.1, 0.15) is 29.2 Å². The molecule has 0 aromatic heterocycles. The molecule has 1 atom stereocenters. The lowest BCUT2D eigenvalue weighted by atomic mass is 9.99. The van der Waals surface area contributed by atoms with Gasteiger partial charge in [0.05, 0.1) is 0 Å². The molecular formula is C25H23F2NO3. The summed E-state index contributed by atoms with van der Waals surface area (Å²) in [5.41, 5.74) is 3.67. The Morgan fingerprint density at radius 2 is 1.74 bits per heavy atom. The van der Waals surface area contributed by atoms with Gasteiger partial charge in [0, 0.05) is 32.1 Å². The summed E-state index contributed by atoms with van der Waals surface area (Å²) in [6, 6.07) is 17.8. The van der Waals surface area contributed by atoms with Crippen LogP contribution in [0.15, 0.2) is 60.7 Å². The molecule has 0 aliphatic carbocycles. The topological polar surface area (TPSA) is 30.9 Å². The third-order valence-electron chi connectivity index (χ3n) is 5.86. The van der Waals surface area contributed by atoms with E-state index in [1.54, 1.807) is 0 Å². The second-order valence-electron chi connectivity index (χ2n) is 7.88. The molecule has 5 rings (SSSR count). The summed E-state index contributed by atoms with van der Waals surface area (Å²) in [5, 5.41) is 0. The molecule has 2 heterocycles. The van der Waals surface area contributed by atoms with E-state index in [0.717, 1.165) is 43.8 Å². The van der Waals surface area contributed by atoms with Crippen molar-refractivity contribution in [2.75, 3.05) is 19.9 Å². The fraction of sp³-hybridized carbons (Fsp3) is 0.280. The molecule has 3 aromatic carbocycles. The van der Waals surface area contributed by atoms with Gasteiger partial charge in [-0.15, -0.1) is 0 Å². The van der Waals surface area contributed by atoms with Crippen molar-refractivity contribution in [3.63, 3.8) is 0 Å². The lowest BCUT2D eigenvalue weighted by molar-refractivity contribution is 0.156. The van der Waals surface area contributed by atoms with E-state index in [4.69, 9.17) is 14.2 Å². The van der Waals surface area contributed by atoms with E-state index < -0.39 is 11.6 Å². The highest BCUT2D eigenvalue weighted by Crippen LogP contribution is 2.36. The Morgan fingerprint density at radius 3 is 2.61 bits per heavy atom. The maximum atomic E-state index is 13.7. The van der Waals surface area contributed by atoms with E-state index in [2.05, 4.69) is 29.2 Å². The number of hydrogen-bond acceptors (Lipinski definition) is 4. The first kappa shape index (κ1) is 19.8. The van der Waals surface area contributed by atoms with Gasteiger partial charge in [0.15, 0.2) is 23.1 Å². The number of rotatable bonds is 6. The zero-order valence-electron chi connectivity index (χ0n) is 17.0. The van der Waals surface area contributed by atoms with Crippen LogP contribution < -0.4 is 14.2 Å². The van der Waals surface area contributed by atoms with Gasteiger partial charge in [-0.3, -0.25) is 4.90 Å². The number of fused-ring (bicyclic) bond motifs is 2. The third kappa shape index (κ3) is 4.35. The molecule has 0 amide bonds. The van der Waals surface area contributed by atoms with E-state index in [0.29, 0.717) is 23.7 Å². The van der Waals surface area contributed by atoms with Gasteiger partial charge in [-0.1, -0.05) is 30.3 Å². The maximum absolute atomic E-state index is 13.7. The van der Waals surface area contributed by atoms with Crippen LogP contribution in [0, 0.1) is 11.6 Å². The lowest BCUT2D eigenvalue weighted by Gasteiger charge is -2.30. The van der Waals surface area contributed by atoms with Crippen molar-refractivity contribution in [3.05, 3.63) is 89.0 Å². The molecule has 2 aliphatic heterocycles. The molecule has 0 radical (unpaired) electrons. The van der Waals surface area contributed by atoms with Gasteiger partial charge in [0.25, 0.3) is 0 Å². The SMILES string of the molecule is Fc1ccc(OC(CCN2CCc3ccccc3C2)c2ccc3c(c2)OCO3)cc1F. The fourth-order valence-electron chi connectivity index (χ4n) is 4.17. The van der Waals surface area contributed by atoms with E-state index in [1.807, 2.05) is 18.2 Å². The summed E-state index contributed by atoms with van der Waals surface area (Å²) in [5.74, 6) is -0.148. The highest BCUT2D eigenvalue weighted by atomic mass is 19.2. The van der Waals surface area contributed by atoms with Gasteiger partial charge in [0.2, 0.25) is 6.79 Å². The molecule has 0 fully saturated rings. The molecule has 6 heteroatoms. The highest BCUT2D eigenvalue weighted by Gasteiger charge is 2.22. The van der Waals surface area contributed by atoms with Crippen LogP contribution in [0.3, 0.4) is 0 Å². The van der Waals surface area contributed by atoms with Gasteiger partial charge in [0.1, 0.15) is 11.9 Å². The van der Waals surface area contributed by atoms with Crippen LogP contribution >= 0.6 is 0 Å². The molecule has 2 aliphatic rings. The molecule has 160 valence electrons. The van der Waals surface area contributed by atoms with Crippen molar-refractivity contribution >= 4 is 0 Å². The average molecular weight is 423 g/mol. The Hall–Kier alpha value is -3.12. The van der Waals surface area contributed by atoms with Gasteiger partial charge in [-0.05, 0) is 47.4 Å². The zero-order valence-corrected chi connectivity index (χ0v) is 17.0. The second-order valence-corrected chi connectivity index (χ2v) is 7.88. The third-order valence-corrected chi connectivity index (χ3v) is 5.86. The molecule has 0 saturated carbocycles. The Balaban J connectivity index is 1.34. The van der Waals surface area contributed by atoms with Crippen LogP contribution in [0.25, 0.3) is 0 Å². The molecule has 0 spiro atoms.